The molecule has 1 saturated carbocycles. The van der Waals surface area contributed by atoms with Gasteiger partial charge in [-0.25, -0.2) is 4.39 Å². The SMILES string of the molecule is Fc1ccccc1COc1ccc(C2CC2NCN2CCCCC2)cc1. The van der Waals surface area contributed by atoms with E-state index in [1.165, 1.54) is 50.4 Å². The van der Waals surface area contributed by atoms with Gasteiger partial charge in [-0.05, 0) is 56.1 Å². The predicted molar refractivity (Wildman–Crippen MR) is 102 cm³/mol. The fourth-order valence-corrected chi connectivity index (χ4v) is 3.74. The zero-order valence-electron chi connectivity index (χ0n) is 15.2. The van der Waals surface area contributed by atoms with Crippen LogP contribution in [0.4, 0.5) is 4.39 Å². The van der Waals surface area contributed by atoms with Crippen molar-refractivity contribution in [1.29, 1.82) is 0 Å². The van der Waals surface area contributed by atoms with Crippen molar-refractivity contribution in [1.82, 2.24) is 10.2 Å². The Morgan fingerprint density at radius 1 is 1.00 bits per heavy atom. The third-order valence-electron chi connectivity index (χ3n) is 5.48. The average Bonchev–Trinajstić information content (AvgIpc) is 3.47. The number of halogens is 1. The van der Waals surface area contributed by atoms with Crippen LogP contribution in [0.5, 0.6) is 5.75 Å². The normalized spacial score (nSPS) is 23.0. The van der Waals surface area contributed by atoms with Gasteiger partial charge in [0.05, 0.1) is 0 Å². The van der Waals surface area contributed by atoms with Crippen LogP contribution in [0.3, 0.4) is 0 Å². The number of rotatable bonds is 7. The van der Waals surface area contributed by atoms with Crippen LogP contribution in [0.1, 0.15) is 42.7 Å². The number of nitrogens with zero attached hydrogens (tertiary/aromatic N) is 1. The Hall–Kier alpha value is -1.91. The van der Waals surface area contributed by atoms with Crippen molar-refractivity contribution in [3.05, 3.63) is 65.5 Å². The molecule has 0 spiro atoms. The maximum atomic E-state index is 13.6. The molecule has 2 fully saturated rings. The van der Waals surface area contributed by atoms with E-state index >= 15 is 0 Å². The molecule has 1 aliphatic carbocycles. The molecule has 1 heterocycles. The molecule has 138 valence electrons. The Bertz CT molecular complexity index is 712. The molecule has 4 heteroatoms. The lowest BCUT2D eigenvalue weighted by molar-refractivity contribution is 0.211. The lowest BCUT2D eigenvalue weighted by Crippen LogP contribution is -2.38. The summed E-state index contributed by atoms with van der Waals surface area (Å²) in [6, 6.07) is 15.6. The van der Waals surface area contributed by atoms with Crippen LogP contribution in [0.2, 0.25) is 0 Å². The molecule has 2 atom stereocenters. The van der Waals surface area contributed by atoms with Crippen LogP contribution in [-0.2, 0) is 6.61 Å². The molecule has 0 bridgehead atoms. The van der Waals surface area contributed by atoms with Crippen LogP contribution < -0.4 is 10.1 Å². The minimum absolute atomic E-state index is 0.218. The van der Waals surface area contributed by atoms with Gasteiger partial charge in [-0.2, -0.15) is 0 Å². The smallest absolute Gasteiger partial charge is 0.129 e. The Labute approximate surface area is 155 Å². The summed E-state index contributed by atoms with van der Waals surface area (Å²) < 4.78 is 19.3. The van der Waals surface area contributed by atoms with Crippen molar-refractivity contribution < 1.29 is 9.13 Å². The predicted octanol–water partition coefficient (Wildman–Crippen LogP) is 4.29. The van der Waals surface area contributed by atoms with E-state index in [0.717, 1.165) is 12.4 Å². The molecule has 2 aromatic rings. The molecular weight excluding hydrogens is 327 g/mol. The van der Waals surface area contributed by atoms with Crippen molar-refractivity contribution in [3.8, 4) is 5.75 Å². The van der Waals surface area contributed by atoms with E-state index in [-0.39, 0.29) is 12.4 Å². The maximum Gasteiger partial charge on any atom is 0.129 e. The highest BCUT2D eigenvalue weighted by molar-refractivity contribution is 5.34. The summed E-state index contributed by atoms with van der Waals surface area (Å²) in [6.45, 7) is 3.75. The highest BCUT2D eigenvalue weighted by Crippen LogP contribution is 2.41. The Balaban J connectivity index is 1.24. The van der Waals surface area contributed by atoms with E-state index in [1.807, 2.05) is 18.2 Å². The van der Waals surface area contributed by atoms with Crippen molar-refractivity contribution in [2.45, 2.75) is 44.2 Å². The summed E-state index contributed by atoms with van der Waals surface area (Å²) in [4.78, 5) is 2.53. The van der Waals surface area contributed by atoms with Crippen LogP contribution >= 0.6 is 0 Å². The molecule has 3 nitrogen and oxygen atoms in total. The van der Waals surface area contributed by atoms with Gasteiger partial charge in [-0.1, -0.05) is 36.8 Å². The van der Waals surface area contributed by atoms with Gasteiger partial charge in [0.25, 0.3) is 0 Å². The van der Waals surface area contributed by atoms with Gasteiger partial charge >= 0.3 is 0 Å². The highest BCUT2D eigenvalue weighted by Gasteiger charge is 2.38. The number of nitrogens with one attached hydrogen (secondary N) is 1. The molecule has 1 saturated heterocycles. The first-order chi connectivity index (χ1) is 12.8. The van der Waals surface area contributed by atoms with Gasteiger partial charge in [-0.15, -0.1) is 0 Å². The zero-order chi connectivity index (χ0) is 17.8. The molecular formula is C22H27FN2O. The zero-order valence-corrected chi connectivity index (χ0v) is 15.2. The lowest BCUT2D eigenvalue weighted by atomic mass is 10.1. The fraction of sp³-hybridized carbons (Fsp3) is 0.455. The minimum Gasteiger partial charge on any atom is -0.489 e. The van der Waals surface area contributed by atoms with Gasteiger partial charge < -0.3 is 10.1 Å². The van der Waals surface area contributed by atoms with E-state index in [2.05, 4.69) is 22.3 Å². The second-order valence-electron chi connectivity index (χ2n) is 7.44. The van der Waals surface area contributed by atoms with Crippen molar-refractivity contribution in [3.63, 3.8) is 0 Å². The molecule has 2 aliphatic rings. The Morgan fingerprint density at radius 2 is 1.77 bits per heavy atom. The molecule has 2 unspecified atom stereocenters. The molecule has 26 heavy (non-hydrogen) atoms. The average molecular weight is 354 g/mol. The van der Waals surface area contributed by atoms with E-state index in [4.69, 9.17) is 4.74 Å². The fourth-order valence-electron chi connectivity index (χ4n) is 3.74. The molecule has 4 rings (SSSR count). The molecule has 2 aromatic carbocycles. The molecule has 0 aromatic heterocycles. The number of piperidine rings is 1. The topological polar surface area (TPSA) is 24.5 Å². The Kier molecular flexibility index (Phi) is 5.51. The van der Waals surface area contributed by atoms with Gasteiger partial charge in [0.15, 0.2) is 0 Å². The summed E-state index contributed by atoms with van der Waals surface area (Å²) in [6.07, 6.45) is 5.27. The first-order valence-corrected chi connectivity index (χ1v) is 9.71. The van der Waals surface area contributed by atoms with Crippen molar-refractivity contribution in [2.24, 2.45) is 0 Å². The van der Waals surface area contributed by atoms with Crippen LogP contribution in [0, 0.1) is 5.82 Å². The number of hydrogen-bond acceptors (Lipinski definition) is 3. The largest absolute Gasteiger partial charge is 0.489 e. The van der Waals surface area contributed by atoms with E-state index in [0.29, 0.717) is 17.5 Å². The quantitative estimate of drug-likeness (QED) is 0.803. The number of benzene rings is 2. The third kappa shape index (κ3) is 4.43. The summed E-state index contributed by atoms with van der Waals surface area (Å²) in [5, 5.41) is 3.70. The monoisotopic (exact) mass is 354 g/mol. The lowest BCUT2D eigenvalue weighted by Gasteiger charge is -2.26. The molecule has 1 aliphatic heterocycles. The van der Waals surface area contributed by atoms with Crippen LogP contribution in [0.25, 0.3) is 0 Å². The first-order valence-electron chi connectivity index (χ1n) is 9.71. The second kappa shape index (κ2) is 8.19. The van der Waals surface area contributed by atoms with Gasteiger partial charge in [0.2, 0.25) is 0 Å². The summed E-state index contributed by atoms with van der Waals surface area (Å²) in [5.74, 6) is 1.18. The molecule has 0 radical (unpaired) electrons. The molecule has 1 N–H and O–H groups in total. The number of hydrogen-bond donors (Lipinski definition) is 1. The van der Waals surface area contributed by atoms with Gasteiger partial charge in [-0.3, -0.25) is 4.90 Å². The second-order valence-corrected chi connectivity index (χ2v) is 7.44. The van der Waals surface area contributed by atoms with E-state index in [1.54, 1.807) is 12.1 Å². The third-order valence-corrected chi connectivity index (χ3v) is 5.48. The summed E-state index contributed by atoms with van der Waals surface area (Å²) in [5.41, 5.74) is 1.94. The van der Waals surface area contributed by atoms with Crippen LogP contribution in [0.15, 0.2) is 48.5 Å². The highest BCUT2D eigenvalue weighted by atomic mass is 19.1. The maximum absolute atomic E-state index is 13.6. The van der Waals surface area contributed by atoms with Gasteiger partial charge in [0.1, 0.15) is 18.2 Å². The number of ether oxygens (including phenoxy) is 1. The van der Waals surface area contributed by atoms with Crippen molar-refractivity contribution in [2.75, 3.05) is 19.8 Å². The summed E-state index contributed by atoms with van der Waals surface area (Å²) >= 11 is 0. The van der Waals surface area contributed by atoms with Crippen molar-refractivity contribution >= 4 is 0 Å². The van der Waals surface area contributed by atoms with E-state index in [9.17, 15) is 4.39 Å². The van der Waals surface area contributed by atoms with E-state index < -0.39 is 0 Å². The van der Waals surface area contributed by atoms with Crippen LogP contribution in [-0.4, -0.2) is 30.7 Å². The minimum atomic E-state index is -0.218. The number of likely N-dealkylation sites (tertiary alicyclic amines) is 1. The molecule has 0 amide bonds. The van der Waals surface area contributed by atoms with Gasteiger partial charge in [0, 0.05) is 24.2 Å². The first kappa shape index (κ1) is 17.5. The standard InChI is InChI=1S/C22H27FN2O/c23-21-7-3-2-6-18(21)15-26-19-10-8-17(9-11-19)20-14-22(20)24-16-25-12-4-1-5-13-25/h2-3,6-11,20,22,24H,1,4-5,12-16H2. The summed E-state index contributed by atoms with van der Waals surface area (Å²) in [7, 11) is 0. The Morgan fingerprint density at radius 3 is 2.54 bits per heavy atom.